The van der Waals surface area contributed by atoms with Crippen molar-refractivity contribution in [3.63, 3.8) is 0 Å². The minimum atomic E-state index is -3.85. The van der Waals surface area contributed by atoms with Gasteiger partial charge in [0.25, 0.3) is 12.9 Å². The summed E-state index contributed by atoms with van der Waals surface area (Å²) in [5, 5.41) is 17.6. The third kappa shape index (κ3) is 4.53. The molecule has 0 aromatic carbocycles. The molecule has 2 bridgehead atoms. The summed E-state index contributed by atoms with van der Waals surface area (Å²) in [7, 11) is -3.85. The molecule has 2 unspecified atom stereocenters. The molecule has 0 amide bonds. The molecule has 0 radical (unpaired) electrons. The standard InChI is InChI=1S/C19H20ClF2N7O2S2.CH2O2/c1-19(2-3-19)27-33(30,31)11-5-12(28-7-9-4-10(28)6-23-9)13-14(20)24-16(29(13)8-11)18-26-25-17(32-18)15(21)22;2-1-3/h5,8-10,15,23,27H,2-4,6-7H2,1H3;1H,(H,2,3). The molecular formula is C20H22ClF2N7O4S2. The molecule has 3 N–H and O–H groups in total. The van der Waals surface area contributed by atoms with Crippen LogP contribution in [0.5, 0.6) is 0 Å². The van der Waals surface area contributed by atoms with E-state index in [1.807, 2.05) is 6.92 Å². The van der Waals surface area contributed by atoms with Gasteiger partial charge in [-0.1, -0.05) is 22.9 Å². The number of sulfonamides is 1. The van der Waals surface area contributed by atoms with Gasteiger partial charge >= 0.3 is 0 Å². The number of alkyl halides is 2. The van der Waals surface area contributed by atoms with E-state index in [0.717, 1.165) is 25.8 Å². The first-order valence-corrected chi connectivity index (χ1v) is 13.7. The second-order valence-corrected chi connectivity index (χ2v) is 12.2. The van der Waals surface area contributed by atoms with Crippen molar-refractivity contribution in [2.24, 2.45) is 0 Å². The maximum atomic E-state index is 13.3. The van der Waals surface area contributed by atoms with E-state index < -0.39 is 27.0 Å². The Morgan fingerprint density at radius 2 is 2.11 bits per heavy atom. The Morgan fingerprint density at radius 1 is 1.39 bits per heavy atom. The largest absolute Gasteiger partial charge is 0.483 e. The van der Waals surface area contributed by atoms with Gasteiger partial charge in [0.15, 0.2) is 21.0 Å². The Labute approximate surface area is 213 Å². The molecule has 2 atom stereocenters. The highest BCUT2D eigenvalue weighted by Gasteiger charge is 2.43. The molecule has 16 heteroatoms. The zero-order valence-corrected chi connectivity index (χ0v) is 21.2. The zero-order chi connectivity index (χ0) is 25.8. The van der Waals surface area contributed by atoms with E-state index in [-0.39, 0.29) is 33.4 Å². The number of carbonyl (C=O) groups is 1. The monoisotopic (exact) mass is 561 g/mol. The average molecular weight is 562 g/mol. The minimum absolute atomic E-state index is 0.0581. The predicted octanol–water partition coefficient (Wildman–Crippen LogP) is 2.53. The molecule has 3 aromatic heterocycles. The number of nitrogens with zero attached hydrogens (tertiary/aromatic N) is 5. The summed E-state index contributed by atoms with van der Waals surface area (Å²) >= 11 is 7.24. The zero-order valence-electron chi connectivity index (χ0n) is 18.9. The highest BCUT2D eigenvalue weighted by atomic mass is 35.5. The third-order valence-electron chi connectivity index (χ3n) is 6.52. The lowest BCUT2D eigenvalue weighted by Gasteiger charge is -2.30. The van der Waals surface area contributed by atoms with Crippen LogP contribution in [0.3, 0.4) is 0 Å². The van der Waals surface area contributed by atoms with Crippen LogP contribution in [0.2, 0.25) is 5.15 Å². The smallest absolute Gasteiger partial charge is 0.291 e. The second-order valence-electron chi connectivity index (χ2n) is 9.17. The lowest BCUT2D eigenvalue weighted by Crippen LogP contribution is -2.44. The van der Waals surface area contributed by atoms with E-state index >= 15 is 0 Å². The molecule has 0 spiro atoms. The number of imidazole rings is 1. The molecule has 1 saturated carbocycles. The van der Waals surface area contributed by atoms with Crippen LogP contribution < -0.4 is 14.9 Å². The predicted molar refractivity (Wildman–Crippen MR) is 128 cm³/mol. The van der Waals surface area contributed by atoms with Gasteiger partial charge in [-0.05, 0) is 32.3 Å². The van der Waals surface area contributed by atoms with Crippen molar-refractivity contribution in [1.29, 1.82) is 0 Å². The van der Waals surface area contributed by atoms with Crippen LogP contribution >= 0.6 is 22.9 Å². The van der Waals surface area contributed by atoms with Crippen LogP contribution in [0.25, 0.3) is 16.3 Å². The summed E-state index contributed by atoms with van der Waals surface area (Å²) < 4.78 is 57.1. The van der Waals surface area contributed by atoms with Crippen molar-refractivity contribution < 1.29 is 27.1 Å². The van der Waals surface area contributed by atoms with Gasteiger partial charge < -0.3 is 15.3 Å². The average Bonchev–Trinajstić information content (AvgIpc) is 3.33. The van der Waals surface area contributed by atoms with Gasteiger partial charge in [0.1, 0.15) is 10.4 Å². The molecule has 3 aliphatic rings. The van der Waals surface area contributed by atoms with Crippen molar-refractivity contribution in [2.75, 3.05) is 18.0 Å². The number of pyridine rings is 1. The van der Waals surface area contributed by atoms with Gasteiger partial charge in [-0.2, -0.15) is 0 Å². The summed E-state index contributed by atoms with van der Waals surface area (Å²) in [6.45, 7) is 3.11. The van der Waals surface area contributed by atoms with Crippen molar-refractivity contribution in [1.82, 2.24) is 29.6 Å². The lowest BCUT2D eigenvalue weighted by atomic mass is 10.2. The van der Waals surface area contributed by atoms with Gasteiger partial charge in [-0.25, -0.2) is 26.9 Å². The van der Waals surface area contributed by atoms with Gasteiger partial charge in [0.2, 0.25) is 10.0 Å². The van der Waals surface area contributed by atoms with E-state index in [1.165, 1.54) is 10.6 Å². The third-order valence-corrected chi connectivity index (χ3v) is 9.32. The number of nitrogens with one attached hydrogen (secondary N) is 2. The van der Waals surface area contributed by atoms with Crippen LogP contribution in [-0.2, 0) is 14.8 Å². The molecule has 5 heterocycles. The Balaban J connectivity index is 0.000000848. The summed E-state index contributed by atoms with van der Waals surface area (Å²) in [5.74, 6) is 0.179. The number of hydrogen-bond donors (Lipinski definition) is 3. The van der Waals surface area contributed by atoms with E-state index in [0.29, 0.717) is 35.1 Å². The molecule has 2 aliphatic heterocycles. The highest BCUT2D eigenvalue weighted by Crippen LogP contribution is 2.41. The molecule has 11 nitrogen and oxygen atoms in total. The molecule has 6 rings (SSSR count). The summed E-state index contributed by atoms with van der Waals surface area (Å²) in [6.07, 6.45) is 1.16. The number of piperazine rings is 1. The van der Waals surface area contributed by atoms with Gasteiger partial charge in [0, 0.05) is 36.9 Å². The Morgan fingerprint density at radius 3 is 2.67 bits per heavy atom. The first kappa shape index (κ1) is 25.2. The molecule has 36 heavy (non-hydrogen) atoms. The number of hydrogen-bond acceptors (Lipinski definition) is 9. The molecule has 3 aromatic rings. The SMILES string of the molecule is CC1(NS(=O)(=O)c2cc(N3CC4CC3CN4)c3c(Cl)nc(-c4nnc(C(F)F)s4)n3c2)CC1.O=CO. The molecule has 194 valence electrons. The Hall–Kier alpha value is -2.46. The van der Waals surface area contributed by atoms with Crippen molar-refractivity contribution in [3.8, 4) is 10.8 Å². The quantitative estimate of drug-likeness (QED) is 0.387. The summed E-state index contributed by atoms with van der Waals surface area (Å²) in [4.78, 5) is 14.9. The summed E-state index contributed by atoms with van der Waals surface area (Å²) in [6, 6.07) is 2.15. The number of rotatable bonds is 6. The maximum Gasteiger partial charge on any atom is 0.291 e. The second kappa shape index (κ2) is 9.13. The maximum absolute atomic E-state index is 13.3. The van der Waals surface area contributed by atoms with Crippen LogP contribution in [0.1, 0.15) is 37.6 Å². The normalized spacial score (nSPS) is 22.2. The first-order valence-electron chi connectivity index (χ1n) is 11.0. The number of halogens is 3. The van der Waals surface area contributed by atoms with E-state index in [2.05, 4.69) is 30.1 Å². The Kier molecular flexibility index (Phi) is 6.39. The molecule has 1 aliphatic carbocycles. The molecular weight excluding hydrogens is 540 g/mol. The van der Waals surface area contributed by atoms with E-state index in [9.17, 15) is 17.2 Å². The number of anilines is 1. The Bertz CT molecular complexity index is 1430. The van der Waals surface area contributed by atoms with Gasteiger partial charge in [-0.3, -0.25) is 9.20 Å². The van der Waals surface area contributed by atoms with Crippen LogP contribution in [-0.4, -0.2) is 70.3 Å². The van der Waals surface area contributed by atoms with Crippen molar-refractivity contribution in [2.45, 2.75) is 55.1 Å². The number of carboxylic acid groups (broad SMARTS) is 1. The summed E-state index contributed by atoms with van der Waals surface area (Å²) in [5.41, 5.74) is 0.713. The van der Waals surface area contributed by atoms with Crippen molar-refractivity contribution in [3.05, 3.63) is 22.4 Å². The molecule has 3 fully saturated rings. The van der Waals surface area contributed by atoms with E-state index in [4.69, 9.17) is 21.5 Å². The minimum Gasteiger partial charge on any atom is -0.483 e. The molecule has 2 saturated heterocycles. The fourth-order valence-electron chi connectivity index (χ4n) is 4.59. The first-order chi connectivity index (χ1) is 17.0. The van der Waals surface area contributed by atoms with Crippen LogP contribution in [0.4, 0.5) is 14.5 Å². The topological polar surface area (TPSA) is 142 Å². The highest BCUT2D eigenvalue weighted by molar-refractivity contribution is 7.89. The van der Waals surface area contributed by atoms with Gasteiger partial charge in [0.05, 0.1) is 5.69 Å². The van der Waals surface area contributed by atoms with E-state index in [1.54, 1.807) is 6.07 Å². The lowest BCUT2D eigenvalue weighted by molar-refractivity contribution is -0.122. The van der Waals surface area contributed by atoms with Crippen molar-refractivity contribution >= 4 is 50.6 Å². The fraction of sp³-hybridized carbons (Fsp3) is 0.500. The van der Waals surface area contributed by atoms with Crippen LogP contribution in [0, 0.1) is 0 Å². The number of fused-ring (bicyclic) bond motifs is 3. The fourth-order valence-corrected chi connectivity index (χ4v) is 7.02. The van der Waals surface area contributed by atoms with Gasteiger partial charge in [-0.15, -0.1) is 10.2 Å². The number of aromatic nitrogens is 4. The van der Waals surface area contributed by atoms with Crippen LogP contribution in [0.15, 0.2) is 17.2 Å².